The lowest BCUT2D eigenvalue weighted by molar-refractivity contribution is -0.214. The Morgan fingerprint density at radius 2 is 1.02 bits per heavy atom. The Bertz CT molecular complexity index is 4520. The number of nitrogens with one attached hydrogen (secondary N) is 3. The van der Waals surface area contributed by atoms with Crippen LogP contribution >= 0.6 is 60.2 Å². The molecule has 4 unspecified atom stereocenters. The third-order valence-corrected chi connectivity index (χ3v) is 20.9. The first-order valence-corrected chi connectivity index (χ1v) is 37.6. The average Bonchev–Trinajstić information content (AvgIpc) is 1.54. The van der Waals surface area contributed by atoms with Crippen LogP contribution in [-0.4, -0.2) is 218 Å². The van der Waals surface area contributed by atoms with Crippen molar-refractivity contribution in [3.8, 4) is 0 Å². The molecule has 9 aromatic rings. The molecule has 5 aromatic carbocycles. The van der Waals surface area contributed by atoms with Crippen LogP contribution in [0.4, 0.5) is 61.5 Å². The topological polar surface area (TPSA) is 235 Å². The van der Waals surface area contributed by atoms with Crippen LogP contribution in [0, 0.1) is 0 Å². The van der Waals surface area contributed by atoms with Gasteiger partial charge < -0.3 is 59.3 Å². The first-order chi connectivity index (χ1) is 51.0. The summed E-state index contributed by atoms with van der Waals surface area (Å²) in [5, 5.41) is 23.7. The Morgan fingerprint density at radius 1 is 0.578 bits per heavy atom. The molecule has 0 bridgehead atoms. The van der Waals surface area contributed by atoms with E-state index in [0.717, 1.165) is 63.7 Å². The number of carbonyl (C=O) groups is 2. The standard InChI is InChI=1S/C17H18F4N2O3.C16H17BrF4N2O.C14H14BrF3N2O.C10H15NO3S.C9H6BrNO.C5H8F3NO.ClH/c18-3-4-23-13(8-12-7-11(16(24)25)1-2-14(12)23)9-22-5-6-26-10-15(22)17(19,20)21;17-12-1-2-14-11(7-12)8-13(23(14)4-3-18)9-22-5-6-24-10-15(22)16(19,20)21;15-10-1-2-12-9(5-10)6-11(19-12)7-20-3-4-21-8-13(20)14(16,17)18;1-2-15(13,14)9-5-3-8(4-6-9)10(11)7-12;10-7-1-2-9-6(3-7)4-8(5-12)11-9;6-5(7,8)4-3-10-2-1-9-4;/h1-2,7-8,15H,3-6,9-10H2,(H,24,25);1-2,7-8,15H,3-6,9-10H2;1-2,5-6,13,19H,3-4,7-8H2;3-6,10,12H,2,7,11H2,1H3;1-5,11H;4,9H,1-3H2;1H/t;;;10-;;;/m...0.../s1. The summed E-state index contributed by atoms with van der Waals surface area (Å²) < 4.78 is 228. The van der Waals surface area contributed by atoms with Crippen LogP contribution in [0.1, 0.15) is 56.5 Å². The number of ether oxygens (including phenoxy) is 4. The lowest BCUT2D eigenvalue weighted by Gasteiger charge is -2.36. The number of sulfone groups is 1. The highest BCUT2D eigenvalue weighted by Gasteiger charge is 2.48. The van der Waals surface area contributed by atoms with Crippen molar-refractivity contribution >= 4 is 126 Å². The molecule has 5 atom stereocenters. The van der Waals surface area contributed by atoms with Crippen molar-refractivity contribution in [3.05, 3.63) is 169 Å². The molecule has 38 heteroatoms. The second-order valence-electron chi connectivity index (χ2n) is 25.0. The largest absolute Gasteiger partial charge is 0.478 e. The molecule has 0 saturated carbocycles. The van der Waals surface area contributed by atoms with Gasteiger partial charge in [-0.2, -0.15) is 52.7 Å². The summed E-state index contributed by atoms with van der Waals surface area (Å²) in [5.74, 6) is -1.02. The number of aliphatic hydroxyl groups is 1. The highest BCUT2D eigenvalue weighted by Crippen LogP contribution is 2.35. The SMILES string of the molecule is CCS(=O)(=O)c1ccc([C@@H](N)CO)cc1.Cl.FC(F)(F)C1COCCN1.FC(F)(F)C1COCCN1Cc1cc2cc(Br)ccc2[nH]1.FCCn1c(CN2CCOCC2C(F)(F)F)cc2cc(Br)ccc21.O=C(O)c1ccc2c(c1)cc(CN1CCOCC1C(F)(F)F)n2CCF.O=Cc1cc2cc(Br)ccc2[nH]1. The highest BCUT2D eigenvalue weighted by molar-refractivity contribution is 9.11. The summed E-state index contributed by atoms with van der Waals surface area (Å²) in [5.41, 5.74) is 12.3. The molecular weight excluding hydrogens is 1710 g/mol. The maximum atomic E-state index is 13.2. The summed E-state index contributed by atoms with van der Waals surface area (Å²) in [6.45, 7) is 1.32. The highest BCUT2D eigenvalue weighted by atomic mass is 79.9. The molecule has 0 radical (unpaired) electrons. The summed E-state index contributed by atoms with van der Waals surface area (Å²) >= 11 is 10.1. The third kappa shape index (κ3) is 25.3. The zero-order valence-electron chi connectivity index (χ0n) is 58.1. The molecule has 13 rings (SSSR count). The zero-order valence-corrected chi connectivity index (χ0v) is 64.5. The number of morpholine rings is 4. The molecule has 0 spiro atoms. The normalized spacial score (nSPS) is 18.7. The Kier molecular flexibility index (Phi) is 33.4. The number of nitrogens with zero attached hydrogens (tertiary/aromatic N) is 5. The van der Waals surface area contributed by atoms with E-state index in [1.54, 1.807) is 40.3 Å². The number of aryl methyl sites for hydroxylation is 2. The van der Waals surface area contributed by atoms with E-state index in [9.17, 15) is 79.5 Å². The van der Waals surface area contributed by atoms with E-state index in [4.69, 9.17) is 30.2 Å². The number of aliphatic hydroxyl groups excluding tert-OH is 1. The first kappa shape index (κ1) is 89.9. The molecule has 4 aliphatic rings. The quantitative estimate of drug-likeness (QED) is 0.0390. The number of H-pyrrole nitrogens is 2. The number of carboxylic acid groups (broad SMARTS) is 1. The summed E-state index contributed by atoms with van der Waals surface area (Å²) in [6, 6.07) is 28.2. The molecule has 4 fully saturated rings. The molecule has 19 nitrogen and oxygen atoms in total. The second-order valence-corrected chi connectivity index (χ2v) is 30.1. The lowest BCUT2D eigenvalue weighted by atomic mass is 10.1. The smallest absolute Gasteiger partial charge is 0.406 e. The van der Waals surface area contributed by atoms with Gasteiger partial charge in [-0.15, -0.1) is 12.4 Å². The van der Waals surface area contributed by atoms with E-state index in [-0.39, 0.29) is 122 Å². The van der Waals surface area contributed by atoms with Crippen molar-refractivity contribution in [1.29, 1.82) is 0 Å². The predicted molar refractivity (Wildman–Crippen MR) is 395 cm³/mol. The molecule has 0 amide bonds. The molecule has 8 heterocycles. The Morgan fingerprint density at radius 3 is 1.44 bits per heavy atom. The van der Waals surface area contributed by atoms with Gasteiger partial charge in [0.05, 0.1) is 100 Å². The summed E-state index contributed by atoms with van der Waals surface area (Å²) in [6.07, 6.45) is -16.4. The van der Waals surface area contributed by atoms with Crippen molar-refractivity contribution in [2.75, 3.05) is 105 Å². The third-order valence-electron chi connectivity index (χ3n) is 17.7. The van der Waals surface area contributed by atoms with Gasteiger partial charge in [-0.3, -0.25) is 19.5 Å². The average molecular weight is 1790 g/mol. The van der Waals surface area contributed by atoms with Crippen LogP contribution in [0.3, 0.4) is 0 Å². The maximum Gasteiger partial charge on any atom is 0.406 e. The Labute approximate surface area is 648 Å². The number of rotatable bonds is 16. The number of aromatic amines is 2. The minimum atomic E-state index is -4.42. The van der Waals surface area contributed by atoms with Crippen molar-refractivity contribution in [1.82, 2.24) is 39.1 Å². The van der Waals surface area contributed by atoms with Gasteiger partial charge in [-0.1, -0.05) is 66.8 Å². The molecule has 4 aromatic heterocycles. The lowest BCUT2D eigenvalue weighted by Crippen LogP contribution is -2.53. The van der Waals surface area contributed by atoms with Crippen LogP contribution in [0.2, 0.25) is 0 Å². The maximum absolute atomic E-state index is 13.2. The molecule has 7 N–H and O–H groups in total. The molecule has 4 saturated heterocycles. The van der Waals surface area contributed by atoms with Gasteiger partial charge in [0.2, 0.25) is 0 Å². The molecule has 109 heavy (non-hydrogen) atoms. The van der Waals surface area contributed by atoms with E-state index < -0.39 is 90.7 Å². The van der Waals surface area contributed by atoms with Crippen LogP contribution in [0.25, 0.3) is 43.6 Å². The number of aromatic nitrogens is 4. The number of nitrogens with two attached hydrogens (primary N) is 1. The van der Waals surface area contributed by atoms with Crippen LogP contribution in [0.5, 0.6) is 0 Å². The fourth-order valence-electron chi connectivity index (χ4n) is 12.1. The molecule has 4 aliphatic heterocycles. The van der Waals surface area contributed by atoms with Crippen molar-refractivity contribution in [2.24, 2.45) is 5.73 Å². The minimum Gasteiger partial charge on any atom is -0.478 e. The number of carboxylic acids is 1. The van der Waals surface area contributed by atoms with Gasteiger partial charge in [0, 0.05) is 120 Å². The Balaban J connectivity index is 0.000000187. The van der Waals surface area contributed by atoms with Crippen molar-refractivity contribution < 1.29 is 109 Å². The number of hydrogen-bond acceptors (Lipinski definition) is 14. The fraction of sp³-hybridized carbons (Fsp3) is 0.437. The van der Waals surface area contributed by atoms with Gasteiger partial charge >= 0.3 is 30.7 Å². The number of aldehydes is 1. The van der Waals surface area contributed by atoms with Crippen molar-refractivity contribution in [3.63, 3.8) is 0 Å². The van der Waals surface area contributed by atoms with Gasteiger partial charge in [0.1, 0.15) is 37.5 Å². The number of benzene rings is 5. The molecule has 0 aliphatic carbocycles. The number of alkyl halides is 14. The number of carbonyl (C=O) groups excluding carboxylic acids is 1. The number of hydrogen-bond donors (Lipinski definition) is 6. The van der Waals surface area contributed by atoms with E-state index >= 15 is 0 Å². The summed E-state index contributed by atoms with van der Waals surface area (Å²) in [7, 11) is -3.15. The van der Waals surface area contributed by atoms with E-state index in [0.29, 0.717) is 46.1 Å². The van der Waals surface area contributed by atoms with Crippen LogP contribution in [0.15, 0.2) is 140 Å². The van der Waals surface area contributed by atoms with Gasteiger partial charge in [0.15, 0.2) is 16.1 Å². The fourth-order valence-corrected chi connectivity index (χ4v) is 14.2. The molecule has 600 valence electrons. The van der Waals surface area contributed by atoms with E-state index in [1.807, 2.05) is 72.8 Å². The minimum absolute atomic E-state index is 0. The van der Waals surface area contributed by atoms with Gasteiger partial charge in [-0.25, -0.2) is 22.0 Å². The van der Waals surface area contributed by atoms with Gasteiger partial charge in [0.25, 0.3) is 0 Å². The van der Waals surface area contributed by atoms with E-state index in [1.165, 1.54) is 39.0 Å². The van der Waals surface area contributed by atoms with Crippen LogP contribution < -0.4 is 11.1 Å². The second kappa shape index (κ2) is 40.4. The predicted octanol–water partition coefficient (Wildman–Crippen LogP) is 15.1. The first-order valence-electron chi connectivity index (χ1n) is 33.5. The number of fused-ring (bicyclic) bond motifs is 4. The number of halogens is 18. The van der Waals surface area contributed by atoms with Crippen molar-refractivity contribution in [2.45, 2.75) is 99.5 Å². The number of aromatic carboxylic acids is 1. The van der Waals surface area contributed by atoms with E-state index in [2.05, 4.69) is 67.8 Å². The zero-order chi connectivity index (χ0) is 78.9. The monoisotopic (exact) mass is 1790 g/mol. The Hall–Kier alpha value is -6.30. The summed E-state index contributed by atoms with van der Waals surface area (Å²) in [4.78, 5) is 32.0. The van der Waals surface area contributed by atoms with Gasteiger partial charge in [-0.05, 0) is 115 Å². The molecular formula is C71H79Br3ClF14N9O10S. The van der Waals surface area contributed by atoms with Crippen LogP contribution in [-0.2, 0) is 61.5 Å².